The van der Waals surface area contributed by atoms with Crippen molar-refractivity contribution in [3.63, 3.8) is 0 Å². The summed E-state index contributed by atoms with van der Waals surface area (Å²) in [6.07, 6.45) is 0. The van der Waals surface area contributed by atoms with E-state index in [4.69, 9.17) is 21.8 Å². The number of hydrogen-bond donors (Lipinski definition) is 1. The van der Waals surface area contributed by atoms with Gasteiger partial charge < -0.3 is 10.2 Å². The van der Waals surface area contributed by atoms with Gasteiger partial charge in [0, 0.05) is 27.4 Å². The van der Waals surface area contributed by atoms with Crippen LogP contribution in [0.4, 0.5) is 0 Å². The molecule has 1 N–H and O–H groups in total. The number of benzene rings is 2. The van der Waals surface area contributed by atoms with Gasteiger partial charge in [0.15, 0.2) is 0 Å². The average Bonchev–Trinajstić information content (AvgIpc) is 2.47. The maximum atomic E-state index is 7.87. The first-order chi connectivity index (χ1) is 10.9. The van der Waals surface area contributed by atoms with E-state index in [9.17, 15) is 0 Å². The smallest absolute Gasteiger partial charge is 0.143 e. The lowest BCUT2D eigenvalue weighted by Gasteiger charge is -2.11. The molecule has 0 radical (unpaired) electrons. The fraction of sp³-hybridized carbons (Fsp3) is 0.263. The van der Waals surface area contributed by atoms with Crippen molar-refractivity contribution in [1.82, 2.24) is 0 Å². The quantitative estimate of drug-likeness (QED) is 0.588. The Morgan fingerprint density at radius 2 is 1.91 bits per heavy atom. The molecule has 0 amide bonds. The maximum Gasteiger partial charge on any atom is 0.143 e. The average molecular weight is 329 g/mol. The van der Waals surface area contributed by atoms with Crippen LogP contribution in [0.15, 0.2) is 41.6 Å². The van der Waals surface area contributed by atoms with E-state index in [0.29, 0.717) is 17.3 Å². The maximum absolute atomic E-state index is 7.87. The number of nitrogens with one attached hydrogen (secondary N) is 1. The Labute approximate surface area is 142 Å². The number of halogens is 1. The summed E-state index contributed by atoms with van der Waals surface area (Å²) in [6.45, 7) is 8.03. The van der Waals surface area contributed by atoms with Crippen molar-refractivity contribution < 1.29 is 4.84 Å². The third-order valence-electron chi connectivity index (χ3n) is 3.68. The SMILES string of the molecule is CC(=N)c1cccc(C)c1CO/N=C(\C)c1cc(C)cc(Cl)c1. The molecule has 0 spiro atoms. The predicted octanol–water partition coefficient (Wildman–Crippen LogP) is 5.29. The van der Waals surface area contributed by atoms with Gasteiger partial charge in [-0.05, 0) is 57.0 Å². The summed E-state index contributed by atoms with van der Waals surface area (Å²) in [5.41, 5.74) is 6.33. The number of hydrogen-bond acceptors (Lipinski definition) is 3. The van der Waals surface area contributed by atoms with E-state index in [-0.39, 0.29) is 0 Å². The van der Waals surface area contributed by atoms with Gasteiger partial charge in [-0.2, -0.15) is 0 Å². The second-order valence-electron chi connectivity index (χ2n) is 5.69. The van der Waals surface area contributed by atoms with Crippen LogP contribution in [0.5, 0.6) is 0 Å². The number of nitrogens with zero attached hydrogens (tertiary/aromatic N) is 1. The molecule has 0 aliphatic rings. The summed E-state index contributed by atoms with van der Waals surface area (Å²) in [6, 6.07) is 11.7. The van der Waals surface area contributed by atoms with E-state index >= 15 is 0 Å². The van der Waals surface area contributed by atoms with Gasteiger partial charge in [0.05, 0.1) is 5.71 Å². The molecule has 0 aliphatic heterocycles. The van der Waals surface area contributed by atoms with Crippen LogP contribution >= 0.6 is 11.6 Å². The van der Waals surface area contributed by atoms with E-state index in [1.807, 2.05) is 57.2 Å². The zero-order valence-electron chi connectivity index (χ0n) is 13.9. The van der Waals surface area contributed by atoms with Crippen molar-refractivity contribution in [3.05, 3.63) is 69.2 Å². The van der Waals surface area contributed by atoms with Gasteiger partial charge in [0.1, 0.15) is 6.61 Å². The Balaban J connectivity index is 2.17. The highest BCUT2D eigenvalue weighted by Gasteiger charge is 2.08. The topological polar surface area (TPSA) is 45.4 Å². The van der Waals surface area contributed by atoms with Crippen LogP contribution < -0.4 is 0 Å². The molecule has 2 rings (SSSR count). The van der Waals surface area contributed by atoms with E-state index in [1.54, 1.807) is 6.92 Å². The van der Waals surface area contributed by atoms with Gasteiger partial charge in [0.25, 0.3) is 0 Å². The molecule has 0 saturated carbocycles. The molecular weight excluding hydrogens is 308 g/mol. The minimum Gasteiger partial charge on any atom is -0.391 e. The monoisotopic (exact) mass is 328 g/mol. The lowest BCUT2D eigenvalue weighted by atomic mass is 10.00. The predicted molar refractivity (Wildman–Crippen MR) is 96.9 cm³/mol. The second kappa shape index (κ2) is 7.42. The summed E-state index contributed by atoms with van der Waals surface area (Å²) in [5, 5.41) is 12.8. The molecule has 120 valence electrons. The second-order valence-corrected chi connectivity index (χ2v) is 6.13. The van der Waals surface area contributed by atoms with Gasteiger partial charge in [-0.3, -0.25) is 0 Å². The van der Waals surface area contributed by atoms with Crippen molar-refractivity contribution in [3.8, 4) is 0 Å². The van der Waals surface area contributed by atoms with E-state index in [0.717, 1.165) is 33.5 Å². The van der Waals surface area contributed by atoms with Crippen LogP contribution in [-0.2, 0) is 11.4 Å². The minimum atomic E-state index is 0.342. The Bertz CT molecular complexity index is 746. The van der Waals surface area contributed by atoms with Crippen LogP contribution in [0.3, 0.4) is 0 Å². The molecule has 3 nitrogen and oxygen atoms in total. The fourth-order valence-corrected chi connectivity index (χ4v) is 2.73. The molecule has 4 heteroatoms. The van der Waals surface area contributed by atoms with Crippen molar-refractivity contribution in [2.24, 2.45) is 5.16 Å². The number of aryl methyl sites for hydroxylation is 2. The van der Waals surface area contributed by atoms with Gasteiger partial charge in [-0.25, -0.2) is 0 Å². The van der Waals surface area contributed by atoms with Crippen LogP contribution in [0, 0.1) is 19.3 Å². The standard InChI is InChI=1S/C19H21ClN2O/c1-12-8-16(10-17(20)9-12)15(4)22-23-11-19-13(2)6-5-7-18(19)14(3)21/h5-10,21H,11H2,1-4H3/b21-14?,22-15+. The molecule has 0 heterocycles. The summed E-state index contributed by atoms with van der Waals surface area (Å²) in [5.74, 6) is 0. The zero-order chi connectivity index (χ0) is 17.0. The number of oxime groups is 1. The molecular formula is C19H21ClN2O. The van der Waals surface area contributed by atoms with Crippen LogP contribution in [0.2, 0.25) is 5.02 Å². The van der Waals surface area contributed by atoms with Gasteiger partial charge in [-0.15, -0.1) is 0 Å². The molecule has 23 heavy (non-hydrogen) atoms. The summed E-state index contributed by atoms with van der Waals surface area (Å²) in [7, 11) is 0. The van der Waals surface area contributed by atoms with E-state index < -0.39 is 0 Å². The third-order valence-corrected chi connectivity index (χ3v) is 3.90. The van der Waals surface area contributed by atoms with Crippen molar-refractivity contribution in [1.29, 1.82) is 5.41 Å². The highest BCUT2D eigenvalue weighted by molar-refractivity contribution is 6.31. The van der Waals surface area contributed by atoms with Crippen LogP contribution in [0.1, 0.15) is 41.7 Å². The lowest BCUT2D eigenvalue weighted by molar-refractivity contribution is 0.130. The summed E-state index contributed by atoms with van der Waals surface area (Å²) >= 11 is 6.08. The highest BCUT2D eigenvalue weighted by atomic mass is 35.5. The minimum absolute atomic E-state index is 0.342. The molecule has 2 aromatic carbocycles. The highest BCUT2D eigenvalue weighted by Crippen LogP contribution is 2.18. The third kappa shape index (κ3) is 4.42. The van der Waals surface area contributed by atoms with Crippen LogP contribution in [-0.4, -0.2) is 11.4 Å². The van der Waals surface area contributed by atoms with Gasteiger partial charge >= 0.3 is 0 Å². The molecule has 0 fully saturated rings. The first-order valence-electron chi connectivity index (χ1n) is 7.46. The molecule has 2 aromatic rings. The Hall–Kier alpha value is -2.13. The Morgan fingerprint density at radius 1 is 1.17 bits per heavy atom. The van der Waals surface area contributed by atoms with Crippen molar-refractivity contribution in [2.75, 3.05) is 0 Å². The Kier molecular flexibility index (Phi) is 5.56. The molecule has 0 atom stereocenters. The lowest BCUT2D eigenvalue weighted by Crippen LogP contribution is -2.04. The van der Waals surface area contributed by atoms with Crippen LogP contribution in [0.25, 0.3) is 0 Å². The molecule has 0 aliphatic carbocycles. The largest absolute Gasteiger partial charge is 0.391 e. The zero-order valence-corrected chi connectivity index (χ0v) is 14.7. The first-order valence-corrected chi connectivity index (χ1v) is 7.84. The molecule has 0 bridgehead atoms. The van der Waals surface area contributed by atoms with Gasteiger partial charge in [0.2, 0.25) is 0 Å². The Morgan fingerprint density at radius 3 is 2.57 bits per heavy atom. The van der Waals surface area contributed by atoms with E-state index in [2.05, 4.69) is 5.16 Å². The van der Waals surface area contributed by atoms with Crippen molar-refractivity contribution >= 4 is 23.0 Å². The van der Waals surface area contributed by atoms with Gasteiger partial charge in [-0.1, -0.05) is 35.0 Å². The molecule has 0 saturated heterocycles. The summed E-state index contributed by atoms with van der Waals surface area (Å²) < 4.78 is 0. The fourth-order valence-electron chi connectivity index (χ4n) is 2.44. The van der Waals surface area contributed by atoms with E-state index in [1.165, 1.54) is 0 Å². The summed E-state index contributed by atoms with van der Waals surface area (Å²) in [4.78, 5) is 5.54. The normalized spacial score (nSPS) is 11.4. The first kappa shape index (κ1) is 17.2. The van der Waals surface area contributed by atoms with Crippen molar-refractivity contribution in [2.45, 2.75) is 34.3 Å². The number of rotatable bonds is 5. The molecule has 0 unspecified atom stereocenters. The molecule has 0 aromatic heterocycles.